The molecule has 156 valence electrons. The maximum atomic E-state index is 13.3. The highest BCUT2D eigenvalue weighted by molar-refractivity contribution is 6.34. The van der Waals surface area contributed by atoms with Crippen LogP contribution in [0.15, 0.2) is 42.5 Å². The first-order chi connectivity index (χ1) is 13.7. The van der Waals surface area contributed by atoms with Gasteiger partial charge in [0.15, 0.2) is 0 Å². The number of amides is 1. The molecule has 3 N–H and O–H groups in total. The minimum absolute atomic E-state index is 0.0446. The maximum absolute atomic E-state index is 13.3. The third kappa shape index (κ3) is 5.04. The average molecular weight is 425 g/mol. The van der Waals surface area contributed by atoms with Crippen LogP contribution in [0.5, 0.6) is 0 Å². The zero-order chi connectivity index (χ0) is 21.2. The molecule has 29 heavy (non-hydrogen) atoms. The zero-order valence-electron chi connectivity index (χ0n) is 16.1. The number of hydrogen-bond donors (Lipinski definition) is 2. The van der Waals surface area contributed by atoms with Crippen molar-refractivity contribution in [1.82, 2.24) is 0 Å². The van der Waals surface area contributed by atoms with Crippen molar-refractivity contribution in [3.05, 3.63) is 64.2 Å². The Morgan fingerprint density at radius 3 is 2.48 bits per heavy atom. The molecular formula is C22H24ClF3N2O. The molecule has 0 heterocycles. The van der Waals surface area contributed by atoms with Crippen molar-refractivity contribution >= 4 is 23.2 Å². The van der Waals surface area contributed by atoms with Crippen LogP contribution in [0.1, 0.15) is 53.6 Å². The number of nitrogens with one attached hydrogen (secondary N) is 1. The summed E-state index contributed by atoms with van der Waals surface area (Å²) >= 11 is 6.32. The second-order valence-corrected chi connectivity index (χ2v) is 8.18. The molecule has 1 amide bonds. The summed E-state index contributed by atoms with van der Waals surface area (Å²) in [6.45, 7) is 2.84. The molecule has 7 heteroatoms. The Kier molecular flexibility index (Phi) is 6.42. The van der Waals surface area contributed by atoms with E-state index in [1.165, 1.54) is 0 Å². The van der Waals surface area contributed by atoms with Gasteiger partial charge in [-0.1, -0.05) is 36.7 Å². The van der Waals surface area contributed by atoms with Crippen molar-refractivity contribution in [3.63, 3.8) is 0 Å². The first-order valence-corrected chi connectivity index (χ1v) is 10.0. The van der Waals surface area contributed by atoms with E-state index < -0.39 is 17.6 Å². The Bertz CT molecular complexity index is 870. The summed E-state index contributed by atoms with van der Waals surface area (Å²) in [5, 5.41) is 3.46. The molecule has 0 bridgehead atoms. The fraction of sp³-hybridized carbons (Fsp3) is 0.409. The van der Waals surface area contributed by atoms with E-state index >= 15 is 0 Å². The second-order valence-electron chi connectivity index (χ2n) is 7.80. The maximum Gasteiger partial charge on any atom is 0.416 e. The Balaban J connectivity index is 1.77. The fourth-order valence-corrected chi connectivity index (χ4v) is 4.58. The van der Waals surface area contributed by atoms with E-state index in [1.54, 1.807) is 0 Å². The number of benzene rings is 2. The van der Waals surface area contributed by atoms with Gasteiger partial charge in [-0.15, -0.1) is 0 Å². The van der Waals surface area contributed by atoms with Gasteiger partial charge in [-0.25, -0.2) is 0 Å². The quantitative estimate of drug-likeness (QED) is 0.610. The number of carbonyl (C=O) groups is 1. The summed E-state index contributed by atoms with van der Waals surface area (Å²) in [6.07, 6.45) is -2.12. The second kappa shape index (κ2) is 8.66. The summed E-state index contributed by atoms with van der Waals surface area (Å²) < 4.78 is 40.0. The van der Waals surface area contributed by atoms with Crippen LogP contribution in [0.25, 0.3) is 0 Å². The van der Waals surface area contributed by atoms with Crippen LogP contribution in [0.2, 0.25) is 5.02 Å². The Labute approximate surface area is 173 Å². The van der Waals surface area contributed by atoms with Crippen LogP contribution < -0.4 is 11.1 Å². The van der Waals surface area contributed by atoms with Gasteiger partial charge in [-0.05, 0) is 66.8 Å². The van der Waals surface area contributed by atoms with Crippen molar-refractivity contribution < 1.29 is 18.0 Å². The molecule has 3 rings (SSSR count). The normalized spacial score (nSPS) is 22.3. The number of para-hydroxylation sites is 1. The summed E-state index contributed by atoms with van der Waals surface area (Å²) in [6, 6.07) is 11.7. The number of rotatable bonds is 5. The van der Waals surface area contributed by atoms with E-state index in [0.29, 0.717) is 17.9 Å². The van der Waals surface area contributed by atoms with Crippen molar-refractivity contribution in [2.24, 2.45) is 17.6 Å². The van der Waals surface area contributed by atoms with E-state index in [2.05, 4.69) is 5.32 Å². The van der Waals surface area contributed by atoms with Crippen molar-refractivity contribution in [2.45, 2.75) is 38.3 Å². The molecule has 2 aromatic carbocycles. The minimum Gasteiger partial charge on any atom is -0.385 e. The molecule has 3 nitrogen and oxygen atoms in total. The average Bonchev–Trinajstić information content (AvgIpc) is 2.66. The number of primary amides is 1. The molecule has 1 aliphatic carbocycles. The van der Waals surface area contributed by atoms with E-state index in [-0.39, 0.29) is 22.4 Å². The molecule has 0 aliphatic heterocycles. The van der Waals surface area contributed by atoms with Crippen molar-refractivity contribution in [2.75, 3.05) is 11.9 Å². The first kappa shape index (κ1) is 21.5. The van der Waals surface area contributed by atoms with Crippen LogP contribution in [-0.2, 0) is 6.18 Å². The van der Waals surface area contributed by atoms with Gasteiger partial charge in [0, 0.05) is 12.2 Å². The van der Waals surface area contributed by atoms with Crippen LogP contribution in [0.4, 0.5) is 18.9 Å². The fourth-order valence-electron chi connectivity index (χ4n) is 4.23. The summed E-state index contributed by atoms with van der Waals surface area (Å²) in [5.74, 6) is -0.540. The molecule has 0 spiro atoms. The number of anilines is 1. The molecular weight excluding hydrogens is 401 g/mol. The molecule has 3 unspecified atom stereocenters. The summed E-state index contributed by atoms with van der Waals surface area (Å²) in [5.41, 5.74) is 5.55. The van der Waals surface area contributed by atoms with Gasteiger partial charge in [0.2, 0.25) is 5.91 Å². The lowest BCUT2D eigenvalue weighted by molar-refractivity contribution is -0.137. The topological polar surface area (TPSA) is 55.1 Å². The number of nitrogens with two attached hydrogens (primary N) is 1. The molecule has 0 saturated heterocycles. The zero-order valence-corrected chi connectivity index (χ0v) is 16.9. The molecule has 0 radical (unpaired) electrons. The molecule has 1 fully saturated rings. The lowest BCUT2D eigenvalue weighted by atomic mass is 9.71. The Morgan fingerprint density at radius 2 is 1.90 bits per heavy atom. The third-order valence-corrected chi connectivity index (χ3v) is 6.16. The van der Waals surface area contributed by atoms with Gasteiger partial charge >= 0.3 is 6.18 Å². The van der Waals surface area contributed by atoms with Crippen molar-refractivity contribution in [1.29, 1.82) is 0 Å². The predicted octanol–water partition coefficient (Wildman–Crippen LogP) is 6.09. The third-order valence-electron chi connectivity index (χ3n) is 5.74. The van der Waals surface area contributed by atoms with Gasteiger partial charge in [0.05, 0.1) is 16.1 Å². The highest BCUT2D eigenvalue weighted by atomic mass is 35.5. The lowest BCUT2D eigenvalue weighted by Crippen LogP contribution is -2.27. The first-order valence-electron chi connectivity index (χ1n) is 9.66. The SMILES string of the molecule is CC1CC(CNc2ccccc2)CCC1c1cc(C(F)(F)F)cc(C(N)=O)c1Cl. The van der Waals surface area contributed by atoms with Gasteiger partial charge < -0.3 is 11.1 Å². The van der Waals surface area contributed by atoms with Crippen LogP contribution in [0, 0.1) is 11.8 Å². The molecule has 1 aliphatic rings. The molecule has 2 aromatic rings. The minimum atomic E-state index is -4.57. The van der Waals surface area contributed by atoms with Gasteiger partial charge in [-0.3, -0.25) is 4.79 Å². The summed E-state index contributed by atoms with van der Waals surface area (Å²) in [7, 11) is 0. The van der Waals surface area contributed by atoms with Crippen LogP contribution in [0.3, 0.4) is 0 Å². The van der Waals surface area contributed by atoms with Crippen LogP contribution in [-0.4, -0.2) is 12.5 Å². The highest BCUT2D eigenvalue weighted by Gasteiger charge is 2.36. The molecule has 1 saturated carbocycles. The number of alkyl halides is 3. The van der Waals surface area contributed by atoms with Gasteiger partial charge in [-0.2, -0.15) is 13.2 Å². The number of hydrogen-bond acceptors (Lipinski definition) is 2. The van der Waals surface area contributed by atoms with Gasteiger partial charge in [0.1, 0.15) is 0 Å². The molecule has 3 atom stereocenters. The van der Waals surface area contributed by atoms with E-state index in [1.807, 2.05) is 37.3 Å². The monoisotopic (exact) mass is 424 g/mol. The number of halogens is 4. The van der Waals surface area contributed by atoms with Crippen molar-refractivity contribution in [3.8, 4) is 0 Å². The van der Waals surface area contributed by atoms with Gasteiger partial charge in [0.25, 0.3) is 0 Å². The lowest BCUT2D eigenvalue weighted by Gasteiger charge is -2.35. The van der Waals surface area contributed by atoms with E-state index in [9.17, 15) is 18.0 Å². The van der Waals surface area contributed by atoms with E-state index in [4.69, 9.17) is 17.3 Å². The van der Waals surface area contributed by atoms with Crippen LogP contribution >= 0.6 is 11.6 Å². The largest absolute Gasteiger partial charge is 0.416 e. The molecule has 0 aromatic heterocycles. The Hall–Kier alpha value is -2.21. The standard InChI is InChI=1S/C22H24ClF3N2O/c1-13-9-14(12-28-16-5-3-2-4-6-16)7-8-17(13)18-10-15(22(24,25)26)11-19(20(18)23)21(27)29/h2-6,10-11,13-14,17,28H,7-9,12H2,1H3,(H2,27,29). The number of carbonyl (C=O) groups excluding carboxylic acids is 1. The van der Waals surface area contributed by atoms with E-state index in [0.717, 1.165) is 37.2 Å². The highest BCUT2D eigenvalue weighted by Crippen LogP contribution is 2.45. The summed E-state index contributed by atoms with van der Waals surface area (Å²) in [4.78, 5) is 11.7. The Morgan fingerprint density at radius 1 is 1.21 bits per heavy atom. The smallest absolute Gasteiger partial charge is 0.385 e. The predicted molar refractivity (Wildman–Crippen MR) is 109 cm³/mol.